The summed E-state index contributed by atoms with van der Waals surface area (Å²) in [6.45, 7) is 1.43. The zero-order valence-electron chi connectivity index (χ0n) is 19.4. The maximum absolute atomic E-state index is 13.2. The first kappa shape index (κ1) is 26.4. The highest BCUT2D eigenvalue weighted by molar-refractivity contribution is 7.85. The van der Waals surface area contributed by atoms with Crippen LogP contribution in [0, 0.1) is 6.92 Å². The van der Waals surface area contributed by atoms with Crippen molar-refractivity contribution in [3.63, 3.8) is 0 Å². The second kappa shape index (κ2) is 10.3. The minimum Gasteiger partial charge on any atom is -0.505 e. The Hall–Kier alpha value is -3.70. The Morgan fingerprint density at radius 3 is 2.43 bits per heavy atom. The summed E-state index contributed by atoms with van der Waals surface area (Å²) in [6, 6.07) is 15.7. The zero-order valence-corrected chi connectivity index (χ0v) is 21.7. The number of halogens is 2. The molecule has 0 saturated heterocycles. The molecule has 0 bridgehead atoms. The van der Waals surface area contributed by atoms with Gasteiger partial charge in [0.15, 0.2) is 11.5 Å². The predicted octanol–water partition coefficient (Wildman–Crippen LogP) is 7.08. The highest BCUT2D eigenvalue weighted by atomic mass is 35.5. The van der Waals surface area contributed by atoms with Crippen LogP contribution in [0.3, 0.4) is 0 Å². The minimum absolute atomic E-state index is 0.00484. The Morgan fingerprint density at radius 1 is 1.00 bits per heavy atom. The van der Waals surface area contributed by atoms with E-state index in [2.05, 4.69) is 15.5 Å². The van der Waals surface area contributed by atoms with E-state index in [1.54, 1.807) is 42.5 Å². The lowest BCUT2D eigenvalue weighted by atomic mass is 10.0. The number of rotatable bonds is 6. The number of phenols is 1. The van der Waals surface area contributed by atoms with Crippen molar-refractivity contribution in [1.82, 2.24) is 0 Å². The molecule has 0 aliphatic heterocycles. The van der Waals surface area contributed by atoms with Crippen LogP contribution in [0.5, 0.6) is 11.5 Å². The number of amides is 1. The van der Waals surface area contributed by atoms with Gasteiger partial charge < -0.3 is 15.2 Å². The van der Waals surface area contributed by atoms with E-state index in [0.29, 0.717) is 21.5 Å². The van der Waals surface area contributed by atoms with E-state index in [1.807, 2.05) is 0 Å². The Bertz CT molecular complexity index is 1690. The molecule has 0 fully saturated rings. The van der Waals surface area contributed by atoms with Gasteiger partial charge in [-0.05, 0) is 48.2 Å². The van der Waals surface area contributed by atoms with Crippen molar-refractivity contribution in [2.75, 3.05) is 12.4 Å². The normalized spacial score (nSPS) is 11.7. The van der Waals surface area contributed by atoms with Crippen LogP contribution in [0.25, 0.3) is 10.8 Å². The molecule has 0 aromatic heterocycles. The van der Waals surface area contributed by atoms with Gasteiger partial charge in [-0.1, -0.05) is 53.5 Å². The zero-order chi connectivity index (χ0) is 26.9. The summed E-state index contributed by atoms with van der Waals surface area (Å²) in [5.74, 6) is -0.870. The van der Waals surface area contributed by atoms with Gasteiger partial charge in [-0.2, -0.15) is 13.5 Å². The topological polar surface area (TPSA) is 138 Å². The SMILES string of the molecule is COc1c(Cl)cccc1NC(=O)c1cc2ccccc2c(N=Nc2cc(Cl)c(C)c(S(=O)(=O)O)c2)c1O. The monoisotopic (exact) mass is 559 g/mol. The van der Waals surface area contributed by atoms with E-state index in [1.165, 1.54) is 26.2 Å². The first-order valence-corrected chi connectivity index (χ1v) is 12.8. The Kier molecular flexibility index (Phi) is 7.37. The largest absolute Gasteiger partial charge is 0.505 e. The molecule has 12 heteroatoms. The number of nitrogens with one attached hydrogen (secondary N) is 1. The number of phenolic OH excluding ortho intramolecular Hbond substituents is 1. The van der Waals surface area contributed by atoms with E-state index in [-0.39, 0.29) is 33.3 Å². The summed E-state index contributed by atoms with van der Waals surface area (Å²) in [6.07, 6.45) is 0. The molecule has 0 unspecified atom stereocenters. The average molecular weight is 560 g/mol. The number of carbonyl (C=O) groups is 1. The number of para-hydroxylation sites is 1. The molecule has 0 heterocycles. The van der Waals surface area contributed by atoms with Crippen molar-refractivity contribution < 1.29 is 27.6 Å². The lowest BCUT2D eigenvalue weighted by Gasteiger charge is -2.13. The van der Waals surface area contributed by atoms with Gasteiger partial charge in [-0.3, -0.25) is 9.35 Å². The smallest absolute Gasteiger partial charge is 0.294 e. The number of hydrogen-bond acceptors (Lipinski definition) is 7. The quantitative estimate of drug-likeness (QED) is 0.170. The molecule has 37 heavy (non-hydrogen) atoms. The number of aromatic hydroxyl groups is 1. The molecule has 4 aromatic carbocycles. The molecule has 0 radical (unpaired) electrons. The molecule has 190 valence electrons. The van der Waals surface area contributed by atoms with E-state index in [0.717, 1.165) is 6.07 Å². The van der Waals surface area contributed by atoms with Crippen molar-refractivity contribution in [2.45, 2.75) is 11.8 Å². The van der Waals surface area contributed by atoms with Crippen LogP contribution in [0.1, 0.15) is 15.9 Å². The summed E-state index contributed by atoms with van der Waals surface area (Å²) in [5, 5.41) is 23.2. The molecule has 3 N–H and O–H groups in total. The minimum atomic E-state index is -4.57. The summed E-state index contributed by atoms with van der Waals surface area (Å²) < 4.78 is 38.2. The Labute approximate surface area is 222 Å². The Morgan fingerprint density at radius 2 is 1.73 bits per heavy atom. The standard InChI is InChI=1S/C25H19Cl2N3O6S/c1-13-19(27)11-15(12-21(13)37(33,34)35)29-30-22-16-7-4-3-6-14(16)10-17(23(22)31)25(32)28-20-9-5-8-18(26)24(20)36-2/h3-12,31H,1-2H3,(H,28,32)(H,33,34,35). The fraction of sp³-hybridized carbons (Fsp3) is 0.0800. The predicted molar refractivity (Wildman–Crippen MR) is 142 cm³/mol. The number of nitrogens with zero attached hydrogens (tertiary/aromatic N) is 2. The average Bonchev–Trinajstić information content (AvgIpc) is 2.84. The molecule has 9 nitrogen and oxygen atoms in total. The van der Waals surface area contributed by atoms with Crippen molar-refractivity contribution in [3.05, 3.63) is 81.8 Å². The fourth-order valence-corrected chi connectivity index (χ4v) is 4.96. The van der Waals surface area contributed by atoms with Gasteiger partial charge in [0, 0.05) is 10.4 Å². The number of fused-ring (bicyclic) bond motifs is 1. The van der Waals surface area contributed by atoms with Crippen LogP contribution < -0.4 is 10.1 Å². The third kappa shape index (κ3) is 5.37. The Balaban J connectivity index is 1.82. The van der Waals surface area contributed by atoms with Gasteiger partial charge in [0.25, 0.3) is 16.0 Å². The van der Waals surface area contributed by atoms with Crippen LogP contribution in [0.4, 0.5) is 17.1 Å². The molecule has 0 aliphatic carbocycles. The second-order valence-electron chi connectivity index (χ2n) is 7.84. The van der Waals surface area contributed by atoms with Crippen LogP contribution in [0.15, 0.2) is 75.8 Å². The molecular weight excluding hydrogens is 541 g/mol. The van der Waals surface area contributed by atoms with E-state index in [4.69, 9.17) is 27.9 Å². The van der Waals surface area contributed by atoms with Gasteiger partial charge >= 0.3 is 0 Å². The van der Waals surface area contributed by atoms with Gasteiger partial charge in [0.05, 0.1) is 29.1 Å². The summed E-state index contributed by atoms with van der Waals surface area (Å²) >= 11 is 12.3. The fourth-order valence-electron chi connectivity index (χ4n) is 3.67. The van der Waals surface area contributed by atoms with Crippen LogP contribution in [-0.4, -0.2) is 31.1 Å². The number of ether oxygens (including phenoxy) is 1. The lowest BCUT2D eigenvalue weighted by Crippen LogP contribution is -2.13. The number of benzene rings is 4. The lowest BCUT2D eigenvalue weighted by molar-refractivity contribution is 0.102. The molecule has 0 saturated carbocycles. The second-order valence-corrected chi connectivity index (χ2v) is 10.0. The molecule has 1 amide bonds. The van der Waals surface area contributed by atoms with Gasteiger partial charge in [-0.25, -0.2) is 0 Å². The van der Waals surface area contributed by atoms with Gasteiger partial charge in [0.1, 0.15) is 10.6 Å². The maximum atomic E-state index is 13.2. The summed E-state index contributed by atoms with van der Waals surface area (Å²) in [4.78, 5) is 12.7. The molecule has 0 spiro atoms. The van der Waals surface area contributed by atoms with E-state index >= 15 is 0 Å². The number of azo groups is 1. The molecule has 0 atom stereocenters. The summed E-state index contributed by atoms with van der Waals surface area (Å²) in [5.41, 5.74) is 0.307. The number of carbonyl (C=O) groups excluding carboxylic acids is 1. The molecule has 4 rings (SSSR count). The number of hydrogen-bond donors (Lipinski definition) is 3. The highest BCUT2D eigenvalue weighted by Gasteiger charge is 2.21. The molecular formula is C25H19Cl2N3O6S. The highest BCUT2D eigenvalue weighted by Crippen LogP contribution is 2.41. The first-order valence-electron chi connectivity index (χ1n) is 10.6. The van der Waals surface area contributed by atoms with Crippen LogP contribution in [-0.2, 0) is 10.1 Å². The maximum Gasteiger partial charge on any atom is 0.294 e. The third-order valence-corrected chi connectivity index (χ3v) is 7.15. The van der Waals surface area contributed by atoms with Crippen molar-refractivity contribution in [3.8, 4) is 11.5 Å². The third-order valence-electron chi connectivity index (χ3n) is 5.48. The van der Waals surface area contributed by atoms with E-state index in [9.17, 15) is 22.9 Å². The molecule has 0 aliphatic rings. The van der Waals surface area contributed by atoms with Crippen LogP contribution in [0.2, 0.25) is 10.0 Å². The van der Waals surface area contributed by atoms with Crippen molar-refractivity contribution in [2.24, 2.45) is 10.2 Å². The van der Waals surface area contributed by atoms with Gasteiger partial charge in [-0.15, -0.1) is 5.11 Å². The molecule has 4 aromatic rings. The van der Waals surface area contributed by atoms with E-state index < -0.39 is 26.7 Å². The van der Waals surface area contributed by atoms with Crippen LogP contribution >= 0.6 is 23.2 Å². The first-order chi connectivity index (χ1) is 17.5. The van der Waals surface area contributed by atoms with Gasteiger partial charge in [0.2, 0.25) is 0 Å². The summed E-state index contributed by atoms with van der Waals surface area (Å²) in [7, 11) is -3.16. The number of methoxy groups -OCH3 is 1. The van der Waals surface area contributed by atoms with Crippen molar-refractivity contribution >= 4 is 67.1 Å². The van der Waals surface area contributed by atoms with Crippen molar-refractivity contribution in [1.29, 1.82) is 0 Å². The number of anilines is 1.